The quantitative estimate of drug-likeness (QED) is 0.751. The molecule has 21 heavy (non-hydrogen) atoms. The van der Waals surface area contributed by atoms with E-state index in [0.717, 1.165) is 5.56 Å². The first-order chi connectivity index (χ1) is 10.2. The van der Waals surface area contributed by atoms with Crippen LogP contribution < -0.4 is 5.32 Å². The Labute approximate surface area is 123 Å². The van der Waals surface area contributed by atoms with E-state index in [0.29, 0.717) is 15.3 Å². The molecule has 0 aliphatic heterocycles. The lowest BCUT2D eigenvalue weighted by Crippen LogP contribution is -2.13. The van der Waals surface area contributed by atoms with E-state index in [1.165, 1.54) is 23.6 Å². The summed E-state index contributed by atoms with van der Waals surface area (Å²) in [5.74, 6) is -0.606. The number of ether oxygens (including phenoxy) is 1. The summed E-state index contributed by atoms with van der Waals surface area (Å²) in [6.45, 7) is 0.174. The van der Waals surface area contributed by atoms with Gasteiger partial charge in [0.25, 0.3) is 0 Å². The van der Waals surface area contributed by atoms with Crippen molar-refractivity contribution in [1.29, 1.82) is 0 Å². The van der Waals surface area contributed by atoms with Crippen LogP contribution in [0.1, 0.15) is 5.56 Å². The van der Waals surface area contributed by atoms with E-state index in [9.17, 15) is 9.18 Å². The number of hydrogen-bond donors (Lipinski definition) is 1. The molecule has 106 valence electrons. The third-order valence-corrected chi connectivity index (χ3v) is 3.58. The average molecular weight is 303 g/mol. The van der Waals surface area contributed by atoms with Crippen LogP contribution in [0, 0.1) is 5.95 Å². The topological polar surface area (TPSA) is 64.1 Å². The first-order valence-electron chi connectivity index (χ1n) is 6.10. The van der Waals surface area contributed by atoms with Gasteiger partial charge in [0.2, 0.25) is 5.95 Å². The van der Waals surface area contributed by atoms with Crippen molar-refractivity contribution in [1.82, 2.24) is 9.97 Å². The molecule has 0 atom stereocenters. The molecule has 0 aliphatic rings. The predicted octanol–water partition coefficient (Wildman–Crippen LogP) is 3.58. The number of amides is 1. The standard InChI is InChI=1S/C14H10FN3O2S/c15-12-6-10-11(7-16-12)21-13(17-10)18-14(19)20-8-9-4-2-1-3-5-9/h1-7H,8H2,(H,17,18,19). The molecule has 0 bridgehead atoms. The minimum atomic E-state index is -0.606. The van der Waals surface area contributed by atoms with Gasteiger partial charge in [-0.25, -0.2) is 14.8 Å². The highest BCUT2D eigenvalue weighted by Gasteiger charge is 2.09. The number of hydrogen-bond acceptors (Lipinski definition) is 5. The predicted molar refractivity (Wildman–Crippen MR) is 77.6 cm³/mol. The van der Waals surface area contributed by atoms with Crippen LogP contribution in [-0.2, 0) is 11.3 Å². The Morgan fingerprint density at radius 1 is 1.33 bits per heavy atom. The van der Waals surface area contributed by atoms with Crippen molar-refractivity contribution in [2.45, 2.75) is 6.61 Å². The Hall–Kier alpha value is -2.54. The molecule has 1 N–H and O–H groups in total. The van der Waals surface area contributed by atoms with Gasteiger partial charge in [-0.1, -0.05) is 41.7 Å². The van der Waals surface area contributed by atoms with Crippen molar-refractivity contribution in [2.24, 2.45) is 0 Å². The van der Waals surface area contributed by atoms with Crippen molar-refractivity contribution in [2.75, 3.05) is 5.32 Å². The molecular weight excluding hydrogens is 293 g/mol. The maximum atomic E-state index is 13.0. The molecule has 1 aromatic carbocycles. The number of benzene rings is 1. The maximum absolute atomic E-state index is 13.0. The summed E-state index contributed by atoms with van der Waals surface area (Å²) in [6, 6.07) is 10.6. The summed E-state index contributed by atoms with van der Waals surface area (Å²) >= 11 is 1.20. The number of pyridine rings is 1. The zero-order chi connectivity index (χ0) is 14.7. The monoisotopic (exact) mass is 303 g/mol. The normalized spacial score (nSPS) is 10.5. The lowest BCUT2D eigenvalue weighted by Gasteiger charge is -2.04. The van der Waals surface area contributed by atoms with E-state index in [-0.39, 0.29) is 6.61 Å². The summed E-state index contributed by atoms with van der Waals surface area (Å²) in [7, 11) is 0. The second-order valence-electron chi connectivity index (χ2n) is 4.18. The van der Waals surface area contributed by atoms with E-state index in [2.05, 4.69) is 15.3 Å². The van der Waals surface area contributed by atoms with Gasteiger partial charge >= 0.3 is 6.09 Å². The van der Waals surface area contributed by atoms with Crippen LogP contribution in [-0.4, -0.2) is 16.1 Å². The number of fused-ring (bicyclic) bond motifs is 1. The molecule has 0 saturated heterocycles. The van der Waals surface area contributed by atoms with Crippen molar-refractivity contribution < 1.29 is 13.9 Å². The zero-order valence-corrected chi connectivity index (χ0v) is 11.6. The lowest BCUT2D eigenvalue weighted by molar-refractivity contribution is 0.155. The Balaban J connectivity index is 1.63. The van der Waals surface area contributed by atoms with Gasteiger partial charge in [0.05, 0.1) is 10.2 Å². The fourth-order valence-corrected chi connectivity index (χ4v) is 2.51. The summed E-state index contributed by atoms with van der Waals surface area (Å²) in [5.41, 5.74) is 1.34. The van der Waals surface area contributed by atoms with Gasteiger partial charge in [-0.05, 0) is 5.56 Å². The number of nitrogens with zero attached hydrogens (tertiary/aromatic N) is 2. The third kappa shape index (κ3) is 3.32. The van der Waals surface area contributed by atoms with E-state index in [4.69, 9.17) is 4.74 Å². The number of nitrogens with one attached hydrogen (secondary N) is 1. The molecule has 2 heterocycles. The molecule has 1 amide bonds. The molecule has 7 heteroatoms. The molecule has 3 aromatic rings. The van der Waals surface area contributed by atoms with Crippen molar-refractivity contribution in [3.8, 4) is 0 Å². The highest BCUT2D eigenvalue weighted by atomic mass is 32.1. The van der Waals surface area contributed by atoms with Crippen LogP contribution in [0.2, 0.25) is 0 Å². The molecule has 0 radical (unpaired) electrons. The lowest BCUT2D eigenvalue weighted by atomic mass is 10.2. The van der Waals surface area contributed by atoms with Gasteiger partial charge in [-0.3, -0.25) is 5.32 Å². The first kappa shape index (κ1) is 13.4. The number of anilines is 1. The Morgan fingerprint density at radius 2 is 2.14 bits per heavy atom. The van der Waals surface area contributed by atoms with Crippen molar-refractivity contribution in [3.05, 3.63) is 54.1 Å². The van der Waals surface area contributed by atoms with Crippen LogP contribution in [0.3, 0.4) is 0 Å². The number of carbonyl (C=O) groups excluding carboxylic acids is 1. The summed E-state index contributed by atoms with van der Waals surface area (Å²) in [6.07, 6.45) is 0.773. The van der Waals surface area contributed by atoms with Gasteiger partial charge in [-0.2, -0.15) is 4.39 Å². The van der Waals surface area contributed by atoms with E-state index < -0.39 is 12.0 Å². The SMILES string of the molecule is O=C(Nc1nc2cc(F)ncc2s1)OCc1ccccc1. The molecule has 2 aromatic heterocycles. The molecule has 0 fully saturated rings. The Kier molecular flexibility index (Phi) is 3.74. The molecule has 0 spiro atoms. The molecular formula is C14H10FN3O2S. The van der Waals surface area contributed by atoms with Crippen molar-refractivity contribution in [3.63, 3.8) is 0 Å². The maximum Gasteiger partial charge on any atom is 0.413 e. The first-order valence-corrected chi connectivity index (χ1v) is 6.92. The zero-order valence-electron chi connectivity index (χ0n) is 10.7. The summed E-state index contributed by atoms with van der Waals surface area (Å²) < 4.78 is 18.7. The highest BCUT2D eigenvalue weighted by Crippen LogP contribution is 2.25. The van der Waals surface area contributed by atoms with Crippen LogP contribution in [0.5, 0.6) is 0 Å². The minimum absolute atomic E-state index is 0.174. The van der Waals surface area contributed by atoms with Gasteiger partial charge in [0.15, 0.2) is 5.13 Å². The largest absolute Gasteiger partial charge is 0.444 e. The Bertz CT molecular complexity index is 776. The van der Waals surface area contributed by atoms with Crippen LogP contribution >= 0.6 is 11.3 Å². The molecule has 5 nitrogen and oxygen atoms in total. The number of halogens is 1. The third-order valence-electron chi connectivity index (χ3n) is 2.66. The fraction of sp³-hybridized carbons (Fsp3) is 0.0714. The molecule has 0 aliphatic carbocycles. The average Bonchev–Trinajstić information content (AvgIpc) is 2.87. The Morgan fingerprint density at radius 3 is 2.95 bits per heavy atom. The summed E-state index contributed by atoms with van der Waals surface area (Å²) in [5, 5.41) is 2.86. The molecule has 0 saturated carbocycles. The number of rotatable bonds is 3. The van der Waals surface area contributed by atoms with Gasteiger partial charge in [0, 0.05) is 12.3 Å². The minimum Gasteiger partial charge on any atom is -0.444 e. The van der Waals surface area contributed by atoms with Gasteiger partial charge in [-0.15, -0.1) is 0 Å². The number of thiazole rings is 1. The van der Waals surface area contributed by atoms with Crippen LogP contribution in [0.15, 0.2) is 42.6 Å². The molecule has 3 rings (SSSR count). The molecule has 0 unspecified atom stereocenters. The van der Waals surface area contributed by atoms with Gasteiger partial charge < -0.3 is 4.74 Å². The summed E-state index contributed by atoms with van der Waals surface area (Å²) in [4.78, 5) is 19.3. The highest BCUT2D eigenvalue weighted by molar-refractivity contribution is 7.22. The smallest absolute Gasteiger partial charge is 0.413 e. The van der Waals surface area contributed by atoms with Gasteiger partial charge in [0.1, 0.15) is 6.61 Å². The van der Waals surface area contributed by atoms with Crippen LogP contribution in [0.4, 0.5) is 14.3 Å². The van der Waals surface area contributed by atoms with Crippen molar-refractivity contribution >= 4 is 32.8 Å². The fourth-order valence-electron chi connectivity index (χ4n) is 1.71. The van der Waals surface area contributed by atoms with E-state index >= 15 is 0 Å². The second kappa shape index (κ2) is 5.84. The van der Waals surface area contributed by atoms with E-state index in [1.54, 1.807) is 0 Å². The number of aromatic nitrogens is 2. The van der Waals surface area contributed by atoms with E-state index in [1.807, 2.05) is 30.3 Å². The van der Waals surface area contributed by atoms with Crippen LogP contribution in [0.25, 0.3) is 10.2 Å². The number of carbonyl (C=O) groups is 1. The second-order valence-corrected chi connectivity index (χ2v) is 5.21.